The van der Waals surface area contributed by atoms with E-state index >= 15 is 0 Å². The number of hydrogen-bond donors (Lipinski definition) is 0. The van der Waals surface area contributed by atoms with Gasteiger partial charge in [0.25, 0.3) is 5.92 Å². The summed E-state index contributed by atoms with van der Waals surface area (Å²) in [5.41, 5.74) is 2.44. The number of rotatable bonds is 3. The van der Waals surface area contributed by atoms with Crippen LogP contribution in [0.25, 0.3) is 0 Å². The van der Waals surface area contributed by atoms with Gasteiger partial charge in [0, 0.05) is 0 Å². The highest BCUT2D eigenvalue weighted by atomic mass is 28.4. The van der Waals surface area contributed by atoms with Crippen molar-refractivity contribution in [2.24, 2.45) is 0 Å². The Morgan fingerprint density at radius 3 is 2.09 bits per heavy atom. The first kappa shape index (κ1) is 18.2. The van der Waals surface area contributed by atoms with E-state index in [1.165, 1.54) is 0 Å². The third-order valence-electron chi connectivity index (χ3n) is 5.29. The fourth-order valence-electron chi connectivity index (χ4n) is 2.76. The largest absolute Gasteiger partial charge is 0.546 e. The van der Waals surface area contributed by atoms with Crippen molar-refractivity contribution in [2.45, 2.75) is 71.0 Å². The fourth-order valence-corrected chi connectivity index (χ4v) is 3.92. The lowest BCUT2D eigenvalue weighted by Gasteiger charge is -2.37. The molecule has 1 atom stereocenters. The normalized spacial score (nSPS) is 21.7. The lowest BCUT2D eigenvalue weighted by atomic mass is 9.90. The van der Waals surface area contributed by atoms with E-state index in [0.717, 1.165) is 5.56 Å². The van der Waals surface area contributed by atoms with E-state index in [4.69, 9.17) is 4.43 Å². The molecule has 1 aliphatic rings. The molecular formula is C19H28F2OSi. The Hall–Kier alpha value is -1.16. The Labute approximate surface area is 139 Å². The number of hydrogen-bond acceptors (Lipinski definition) is 1. The molecule has 1 nitrogen and oxygen atoms in total. The number of aryl methyl sites for hydroxylation is 1. The van der Waals surface area contributed by atoms with Crippen LogP contribution in [-0.2, 0) is 4.43 Å². The molecule has 1 aliphatic carbocycles. The molecule has 0 saturated carbocycles. The highest BCUT2D eigenvalue weighted by molar-refractivity contribution is 6.74. The third-order valence-corrected chi connectivity index (χ3v) is 9.66. The molecule has 0 fully saturated rings. The monoisotopic (exact) mass is 338 g/mol. The number of allylic oxidation sites excluding steroid dienone is 2. The second kappa shape index (κ2) is 5.73. The summed E-state index contributed by atoms with van der Waals surface area (Å²) in [6.07, 6.45) is -0.288. The minimum Gasteiger partial charge on any atom is -0.546 e. The van der Waals surface area contributed by atoms with Crippen molar-refractivity contribution >= 4 is 8.32 Å². The molecule has 0 heterocycles. The zero-order valence-electron chi connectivity index (χ0n) is 15.3. The maximum Gasteiger partial charge on any atom is 0.265 e. The second-order valence-electron chi connectivity index (χ2n) is 8.25. The fraction of sp³-hybridized carbons (Fsp3) is 0.579. The van der Waals surface area contributed by atoms with Crippen molar-refractivity contribution in [1.82, 2.24) is 0 Å². The first-order chi connectivity index (χ1) is 10.3. The SMILES string of the molecule is CC1=C(O[Si](C)(C)C(C)(C)C)CC(F)(F)C1c1ccc(C)cc1. The zero-order chi connectivity index (χ0) is 17.6. The summed E-state index contributed by atoms with van der Waals surface area (Å²) in [6, 6.07) is 7.41. The van der Waals surface area contributed by atoms with Crippen LogP contribution in [0, 0.1) is 6.92 Å². The van der Waals surface area contributed by atoms with Gasteiger partial charge in [-0.25, -0.2) is 8.78 Å². The van der Waals surface area contributed by atoms with E-state index in [-0.39, 0.29) is 11.5 Å². The van der Waals surface area contributed by atoms with Gasteiger partial charge < -0.3 is 4.43 Å². The third kappa shape index (κ3) is 3.52. The molecule has 0 radical (unpaired) electrons. The Bertz CT molecular complexity index is 609. The smallest absolute Gasteiger partial charge is 0.265 e. The van der Waals surface area contributed by atoms with Gasteiger partial charge >= 0.3 is 0 Å². The predicted molar refractivity (Wildman–Crippen MR) is 94.5 cm³/mol. The van der Waals surface area contributed by atoms with Crippen LogP contribution in [0.3, 0.4) is 0 Å². The predicted octanol–water partition coefficient (Wildman–Crippen LogP) is 6.41. The first-order valence-corrected chi connectivity index (χ1v) is 11.1. The lowest BCUT2D eigenvalue weighted by molar-refractivity contribution is -0.00943. The molecule has 128 valence electrons. The summed E-state index contributed by atoms with van der Waals surface area (Å²) in [5, 5.41) is -0.00247. The van der Waals surface area contributed by atoms with Crippen LogP contribution >= 0.6 is 0 Å². The maximum atomic E-state index is 14.7. The molecule has 0 aliphatic heterocycles. The van der Waals surface area contributed by atoms with Gasteiger partial charge in [-0.1, -0.05) is 50.6 Å². The van der Waals surface area contributed by atoms with Crippen LogP contribution in [0.1, 0.15) is 51.2 Å². The zero-order valence-corrected chi connectivity index (χ0v) is 16.3. The van der Waals surface area contributed by atoms with E-state index < -0.39 is 20.2 Å². The summed E-state index contributed by atoms with van der Waals surface area (Å²) in [4.78, 5) is 0. The van der Waals surface area contributed by atoms with Crippen molar-refractivity contribution in [2.75, 3.05) is 0 Å². The van der Waals surface area contributed by atoms with Gasteiger partial charge in [-0.05, 0) is 43.1 Å². The van der Waals surface area contributed by atoms with Crippen LogP contribution < -0.4 is 0 Å². The standard InChI is InChI=1S/C19H28F2OSi/c1-13-8-10-15(11-9-13)17-14(2)16(12-19(17,20)21)22-23(6,7)18(3,4)5/h8-11,17H,12H2,1-7H3. The summed E-state index contributed by atoms with van der Waals surface area (Å²) >= 11 is 0. The van der Waals surface area contributed by atoms with E-state index in [1.54, 1.807) is 6.92 Å². The first-order valence-electron chi connectivity index (χ1n) is 8.18. The van der Waals surface area contributed by atoms with Crippen molar-refractivity contribution < 1.29 is 13.2 Å². The van der Waals surface area contributed by atoms with Crippen molar-refractivity contribution in [3.8, 4) is 0 Å². The van der Waals surface area contributed by atoms with E-state index in [0.29, 0.717) is 16.9 Å². The van der Waals surface area contributed by atoms with Gasteiger partial charge in [-0.15, -0.1) is 0 Å². The van der Waals surface area contributed by atoms with Crippen LogP contribution in [0.2, 0.25) is 18.1 Å². The maximum absolute atomic E-state index is 14.7. The van der Waals surface area contributed by atoms with Crippen molar-refractivity contribution in [3.05, 3.63) is 46.7 Å². The Kier molecular flexibility index (Phi) is 4.53. The molecule has 1 unspecified atom stereocenters. The molecule has 0 spiro atoms. The van der Waals surface area contributed by atoms with Gasteiger partial charge in [-0.2, -0.15) is 0 Å². The molecule has 0 saturated heterocycles. The molecule has 2 rings (SSSR count). The van der Waals surface area contributed by atoms with Gasteiger partial charge in [0.2, 0.25) is 8.32 Å². The summed E-state index contributed by atoms with van der Waals surface area (Å²) < 4.78 is 35.5. The molecule has 0 aromatic heterocycles. The summed E-state index contributed by atoms with van der Waals surface area (Å²) in [5.74, 6) is -3.15. The van der Waals surface area contributed by atoms with Crippen molar-refractivity contribution in [3.63, 3.8) is 0 Å². The average Bonchev–Trinajstić information content (AvgIpc) is 2.59. The molecule has 0 amide bonds. The highest BCUT2D eigenvalue weighted by Gasteiger charge is 2.51. The lowest BCUT2D eigenvalue weighted by Crippen LogP contribution is -2.40. The molecule has 1 aromatic carbocycles. The highest BCUT2D eigenvalue weighted by Crippen LogP contribution is 2.52. The number of alkyl halides is 2. The summed E-state index contributed by atoms with van der Waals surface area (Å²) in [7, 11) is -2.10. The second-order valence-corrected chi connectivity index (χ2v) is 13.0. The molecular weight excluding hydrogens is 310 g/mol. The van der Waals surface area contributed by atoms with Gasteiger partial charge in [0.05, 0.1) is 18.1 Å². The van der Waals surface area contributed by atoms with Crippen LogP contribution in [-0.4, -0.2) is 14.2 Å². The van der Waals surface area contributed by atoms with Crippen LogP contribution in [0.15, 0.2) is 35.6 Å². The number of halogens is 2. The minimum atomic E-state index is -2.78. The molecule has 0 bridgehead atoms. The van der Waals surface area contributed by atoms with E-state index in [2.05, 4.69) is 33.9 Å². The van der Waals surface area contributed by atoms with Gasteiger partial charge in [-0.3, -0.25) is 0 Å². The van der Waals surface area contributed by atoms with Crippen molar-refractivity contribution in [1.29, 1.82) is 0 Å². The molecule has 1 aromatic rings. The van der Waals surface area contributed by atoms with Crippen LogP contribution in [0.5, 0.6) is 0 Å². The molecule has 0 N–H and O–H groups in total. The quantitative estimate of drug-likeness (QED) is 0.578. The average molecular weight is 339 g/mol. The van der Waals surface area contributed by atoms with Gasteiger partial charge in [0.15, 0.2) is 0 Å². The Morgan fingerprint density at radius 2 is 1.61 bits per heavy atom. The van der Waals surface area contributed by atoms with E-state index in [9.17, 15) is 8.78 Å². The van der Waals surface area contributed by atoms with E-state index in [1.807, 2.05) is 31.2 Å². The Balaban J connectivity index is 2.37. The number of benzene rings is 1. The van der Waals surface area contributed by atoms with Crippen LogP contribution in [0.4, 0.5) is 8.78 Å². The Morgan fingerprint density at radius 1 is 1.09 bits per heavy atom. The summed E-state index contributed by atoms with van der Waals surface area (Å²) in [6.45, 7) is 14.3. The molecule has 4 heteroatoms. The minimum absolute atomic E-state index is 0.00247. The van der Waals surface area contributed by atoms with Gasteiger partial charge in [0.1, 0.15) is 0 Å². The topological polar surface area (TPSA) is 9.23 Å². The molecule has 23 heavy (non-hydrogen) atoms.